The number of hydrogen-bond donors (Lipinski definition) is 1. The molecule has 1 aliphatic carbocycles. The summed E-state index contributed by atoms with van der Waals surface area (Å²) in [4.78, 5) is 14.2. The number of nitrogens with one attached hydrogen (secondary N) is 1. The van der Waals surface area contributed by atoms with Gasteiger partial charge in [-0.2, -0.15) is 0 Å². The molecule has 4 rings (SSSR count). The van der Waals surface area contributed by atoms with Crippen LogP contribution in [0.4, 0.5) is 14.8 Å². The quantitative estimate of drug-likeness (QED) is 0.831. The number of anilines is 1. The summed E-state index contributed by atoms with van der Waals surface area (Å²) in [7, 11) is 0. The summed E-state index contributed by atoms with van der Waals surface area (Å²) in [5.74, 6) is -2.56. The van der Waals surface area contributed by atoms with Gasteiger partial charge in [-0.3, -0.25) is 4.79 Å². The molecule has 1 spiro atoms. The molecule has 1 aromatic carbocycles. The van der Waals surface area contributed by atoms with Crippen molar-refractivity contribution in [2.24, 2.45) is 5.41 Å². The number of nitrogens with zero attached hydrogens (tertiary/aromatic N) is 3. The SMILES string of the molecule is CC[C@H](Nc1nnc(-c2ccc(Cl)cc2)o1)C(=O)N1CC[C@]2(C1)CC2(F)F. The van der Waals surface area contributed by atoms with Crippen LogP contribution in [0, 0.1) is 5.41 Å². The van der Waals surface area contributed by atoms with Gasteiger partial charge in [-0.25, -0.2) is 8.78 Å². The van der Waals surface area contributed by atoms with Gasteiger partial charge in [0.15, 0.2) is 0 Å². The molecule has 1 aliphatic heterocycles. The van der Waals surface area contributed by atoms with E-state index in [0.29, 0.717) is 35.9 Å². The lowest BCUT2D eigenvalue weighted by Crippen LogP contribution is -2.42. The lowest BCUT2D eigenvalue weighted by atomic mass is 10.1. The van der Waals surface area contributed by atoms with E-state index in [1.54, 1.807) is 24.3 Å². The van der Waals surface area contributed by atoms with Crippen molar-refractivity contribution in [1.29, 1.82) is 0 Å². The Labute approximate surface area is 159 Å². The first-order valence-electron chi connectivity index (χ1n) is 8.86. The summed E-state index contributed by atoms with van der Waals surface area (Å²) in [6, 6.07) is 6.44. The third-order valence-electron chi connectivity index (χ3n) is 5.40. The fourth-order valence-corrected chi connectivity index (χ4v) is 3.71. The minimum atomic E-state index is -2.64. The largest absolute Gasteiger partial charge is 0.403 e. The first kappa shape index (κ1) is 18.2. The van der Waals surface area contributed by atoms with Gasteiger partial charge in [0.2, 0.25) is 11.8 Å². The average molecular weight is 397 g/mol. The number of aromatic nitrogens is 2. The molecule has 6 nitrogen and oxygen atoms in total. The summed E-state index contributed by atoms with van der Waals surface area (Å²) in [6.07, 6.45) is 0.697. The molecule has 2 aromatic rings. The fourth-order valence-electron chi connectivity index (χ4n) is 3.58. The van der Waals surface area contributed by atoms with Gasteiger partial charge in [0.25, 0.3) is 5.92 Å². The Balaban J connectivity index is 1.42. The van der Waals surface area contributed by atoms with E-state index >= 15 is 0 Å². The van der Waals surface area contributed by atoms with E-state index in [9.17, 15) is 13.6 Å². The van der Waals surface area contributed by atoms with Gasteiger partial charge >= 0.3 is 6.01 Å². The average Bonchev–Trinajstić information content (AvgIpc) is 3.05. The van der Waals surface area contributed by atoms with Crippen LogP contribution >= 0.6 is 11.6 Å². The van der Waals surface area contributed by atoms with E-state index in [1.165, 1.54) is 4.90 Å². The van der Waals surface area contributed by atoms with E-state index in [0.717, 1.165) is 0 Å². The van der Waals surface area contributed by atoms with E-state index < -0.39 is 17.4 Å². The van der Waals surface area contributed by atoms with Gasteiger partial charge in [0.1, 0.15) is 6.04 Å². The summed E-state index contributed by atoms with van der Waals surface area (Å²) in [5, 5.41) is 11.4. The maximum atomic E-state index is 13.6. The highest BCUT2D eigenvalue weighted by Crippen LogP contribution is 2.65. The molecule has 1 amide bonds. The minimum absolute atomic E-state index is 0.108. The summed E-state index contributed by atoms with van der Waals surface area (Å²) < 4.78 is 32.7. The monoisotopic (exact) mass is 396 g/mol. The lowest BCUT2D eigenvalue weighted by Gasteiger charge is -2.22. The zero-order chi connectivity index (χ0) is 19.2. The molecular formula is C18H19ClF2N4O2. The van der Waals surface area contributed by atoms with Crippen molar-refractivity contribution >= 4 is 23.5 Å². The zero-order valence-corrected chi connectivity index (χ0v) is 15.5. The van der Waals surface area contributed by atoms with Gasteiger partial charge in [-0.05, 0) is 37.1 Å². The molecule has 2 atom stereocenters. The number of alkyl halides is 2. The molecule has 0 unspecified atom stereocenters. The number of likely N-dealkylation sites (tertiary alicyclic amines) is 1. The maximum Gasteiger partial charge on any atom is 0.316 e. The molecule has 1 N–H and O–H groups in total. The number of halogens is 3. The van der Waals surface area contributed by atoms with Crippen LogP contribution in [0.25, 0.3) is 11.5 Å². The van der Waals surface area contributed by atoms with Gasteiger partial charge < -0.3 is 14.6 Å². The highest BCUT2D eigenvalue weighted by atomic mass is 35.5. The van der Waals surface area contributed by atoms with Gasteiger partial charge in [-0.15, -0.1) is 5.10 Å². The Hall–Kier alpha value is -2.22. The van der Waals surface area contributed by atoms with Crippen molar-refractivity contribution in [3.63, 3.8) is 0 Å². The second-order valence-corrected chi connectivity index (χ2v) is 7.63. The van der Waals surface area contributed by atoms with Crippen LogP contribution in [-0.4, -0.2) is 46.1 Å². The number of carbonyl (C=O) groups excluding carboxylic acids is 1. The van der Waals surface area contributed by atoms with Crippen molar-refractivity contribution in [3.05, 3.63) is 29.3 Å². The number of hydrogen-bond acceptors (Lipinski definition) is 5. The topological polar surface area (TPSA) is 71.3 Å². The van der Waals surface area contributed by atoms with Crippen LogP contribution in [0.5, 0.6) is 0 Å². The Kier molecular flexibility index (Phi) is 4.33. The zero-order valence-electron chi connectivity index (χ0n) is 14.7. The predicted octanol–water partition coefficient (Wildman–Crippen LogP) is 3.84. The Morgan fingerprint density at radius 2 is 2.07 bits per heavy atom. The van der Waals surface area contributed by atoms with Crippen LogP contribution in [0.1, 0.15) is 26.2 Å². The molecule has 2 fully saturated rings. The molecule has 1 saturated carbocycles. The van der Waals surface area contributed by atoms with Crippen LogP contribution in [0.15, 0.2) is 28.7 Å². The first-order valence-corrected chi connectivity index (χ1v) is 9.24. The second kappa shape index (κ2) is 6.44. The van der Waals surface area contributed by atoms with Crippen molar-refractivity contribution < 1.29 is 18.0 Å². The lowest BCUT2D eigenvalue weighted by molar-refractivity contribution is -0.131. The van der Waals surface area contributed by atoms with Crippen LogP contribution in [0.3, 0.4) is 0 Å². The molecule has 1 saturated heterocycles. The molecule has 2 heterocycles. The first-order chi connectivity index (χ1) is 12.8. The van der Waals surface area contributed by atoms with Crippen molar-refractivity contribution in [1.82, 2.24) is 15.1 Å². The van der Waals surface area contributed by atoms with E-state index in [1.807, 2.05) is 6.92 Å². The third-order valence-corrected chi connectivity index (χ3v) is 5.65. The highest BCUT2D eigenvalue weighted by Gasteiger charge is 2.73. The highest BCUT2D eigenvalue weighted by molar-refractivity contribution is 6.30. The molecule has 2 aliphatic rings. The summed E-state index contributed by atoms with van der Waals surface area (Å²) in [6.45, 7) is 2.30. The van der Waals surface area contributed by atoms with Gasteiger partial charge in [0, 0.05) is 30.1 Å². The Morgan fingerprint density at radius 1 is 1.37 bits per heavy atom. The normalized spacial score (nSPS) is 24.2. The van der Waals surface area contributed by atoms with Crippen LogP contribution in [0.2, 0.25) is 5.02 Å². The van der Waals surface area contributed by atoms with E-state index in [-0.39, 0.29) is 24.9 Å². The molecule has 0 bridgehead atoms. The van der Waals surface area contributed by atoms with Crippen molar-refractivity contribution in [2.75, 3.05) is 18.4 Å². The molecule has 9 heteroatoms. The van der Waals surface area contributed by atoms with Crippen molar-refractivity contribution in [2.45, 2.75) is 38.2 Å². The van der Waals surface area contributed by atoms with Gasteiger partial charge in [-0.1, -0.05) is 23.6 Å². The number of carbonyl (C=O) groups is 1. The number of rotatable bonds is 5. The molecule has 1 aromatic heterocycles. The molecule has 27 heavy (non-hydrogen) atoms. The number of benzene rings is 1. The predicted molar refractivity (Wildman–Crippen MR) is 95.6 cm³/mol. The van der Waals surface area contributed by atoms with Crippen LogP contribution < -0.4 is 5.32 Å². The molecular weight excluding hydrogens is 378 g/mol. The minimum Gasteiger partial charge on any atom is -0.403 e. The molecule has 144 valence electrons. The fraction of sp³-hybridized carbons (Fsp3) is 0.500. The Bertz CT molecular complexity index is 857. The van der Waals surface area contributed by atoms with E-state index in [4.69, 9.17) is 16.0 Å². The van der Waals surface area contributed by atoms with Crippen molar-refractivity contribution in [3.8, 4) is 11.5 Å². The Morgan fingerprint density at radius 3 is 2.67 bits per heavy atom. The summed E-state index contributed by atoms with van der Waals surface area (Å²) >= 11 is 5.86. The van der Waals surface area contributed by atoms with E-state index in [2.05, 4.69) is 15.5 Å². The molecule has 0 radical (unpaired) electrons. The smallest absolute Gasteiger partial charge is 0.316 e. The number of amides is 1. The standard InChI is InChI=1S/C18H19ClF2N4O2/c1-2-13(15(26)25-8-7-17(10-25)9-18(17,20)21)22-16-24-23-14(27-16)11-3-5-12(19)6-4-11/h3-6,13H,2,7-10H2,1H3,(H,22,24)/t13-,17+/m0/s1. The third kappa shape index (κ3) is 3.26. The second-order valence-electron chi connectivity index (χ2n) is 7.20. The maximum absolute atomic E-state index is 13.6. The summed E-state index contributed by atoms with van der Waals surface area (Å²) in [5.41, 5.74) is -0.301. The van der Waals surface area contributed by atoms with Gasteiger partial charge in [0.05, 0.1) is 5.41 Å². The van der Waals surface area contributed by atoms with Crippen LogP contribution in [-0.2, 0) is 4.79 Å².